The highest BCUT2D eigenvalue weighted by Gasteiger charge is 2.45. The van der Waals surface area contributed by atoms with Gasteiger partial charge in [0, 0.05) is 68.6 Å². The molecule has 1 atom stereocenters. The lowest BCUT2D eigenvalue weighted by Gasteiger charge is -2.43. The van der Waals surface area contributed by atoms with Crippen molar-refractivity contribution in [2.75, 3.05) is 68.8 Å². The summed E-state index contributed by atoms with van der Waals surface area (Å²) < 4.78 is 51.4. The standard InChI is InChI=1S/C34H40F3N11O3/c1-22-4-3-5-45(16-22)17-23-10-25-26(27(11-23)34(35,36)37)18-48(32(25)50)29-13-24(33(19-51-20-33)14-30-42-40-21-44(30)2)12-28(41-29)46-6-8-47(9-7-46)31(49)15-39-43-38/h10-13,21-22H,3-9,14-20H2,1-2H3/t22-/m0/s1. The summed E-state index contributed by atoms with van der Waals surface area (Å²) in [7, 11) is 1.85. The van der Waals surface area contributed by atoms with E-state index in [1.165, 1.54) is 11.0 Å². The number of azide groups is 1. The van der Waals surface area contributed by atoms with Crippen LogP contribution in [0.25, 0.3) is 10.4 Å². The van der Waals surface area contributed by atoms with Crippen LogP contribution in [0.15, 0.2) is 35.7 Å². The normalized spacial score (nSPS) is 20.6. The van der Waals surface area contributed by atoms with E-state index in [9.17, 15) is 22.8 Å². The number of hydrogen-bond acceptors (Lipinski definition) is 9. The Morgan fingerprint density at radius 3 is 2.53 bits per heavy atom. The van der Waals surface area contributed by atoms with Gasteiger partial charge >= 0.3 is 6.18 Å². The van der Waals surface area contributed by atoms with Gasteiger partial charge < -0.3 is 19.1 Å². The third-order valence-electron chi connectivity index (χ3n) is 10.5. The molecule has 7 rings (SSSR count). The highest BCUT2D eigenvalue weighted by Crippen LogP contribution is 2.42. The molecule has 0 radical (unpaired) electrons. The molecule has 14 nitrogen and oxygen atoms in total. The van der Waals surface area contributed by atoms with Gasteiger partial charge in [-0.15, -0.1) is 10.2 Å². The second-order valence-corrected chi connectivity index (χ2v) is 14.2. The summed E-state index contributed by atoms with van der Waals surface area (Å²) in [6, 6.07) is 6.55. The zero-order valence-electron chi connectivity index (χ0n) is 28.6. The molecule has 0 unspecified atom stereocenters. The molecule has 3 saturated heterocycles. The van der Waals surface area contributed by atoms with Crippen LogP contribution >= 0.6 is 0 Å². The molecule has 2 aromatic heterocycles. The van der Waals surface area contributed by atoms with Crippen LogP contribution in [0.2, 0.25) is 0 Å². The number of likely N-dealkylation sites (tertiary alicyclic amines) is 1. The number of rotatable bonds is 9. The van der Waals surface area contributed by atoms with Crippen LogP contribution in [0.1, 0.15) is 58.2 Å². The lowest BCUT2D eigenvalue weighted by molar-refractivity contribution is -0.138. The van der Waals surface area contributed by atoms with E-state index in [2.05, 4.69) is 32.0 Å². The molecule has 6 heterocycles. The molecular weight excluding hydrogens is 667 g/mol. The quantitative estimate of drug-likeness (QED) is 0.184. The number of aromatic nitrogens is 4. The Morgan fingerprint density at radius 2 is 1.88 bits per heavy atom. The van der Waals surface area contributed by atoms with Gasteiger partial charge in [0.05, 0.1) is 25.3 Å². The monoisotopic (exact) mass is 707 g/mol. The topological polar surface area (TPSA) is 149 Å². The molecule has 3 fully saturated rings. The number of anilines is 2. The van der Waals surface area contributed by atoms with Gasteiger partial charge in [-0.3, -0.25) is 19.4 Å². The molecule has 0 spiro atoms. The third-order valence-corrected chi connectivity index (χ3v) is 10.5. The summed E-state index contributed by atoms with van der Waals surface area (Å²) in [4.78, 5) is 41.4. The van der Waals surface area contributed by atoms with Gasteiger partial charge in [-0.05, 0) is 71.8 Å². The smallest absolute Gasteiger partial charge is 0.379 e. The molecule has 4 aliphatic heterocycles. The van der Waals surface area contributed by atoms with Gasteiger partial charge in [-0.2, -0.15) is 13.2 Å². The van der Waals surface area contributed by atoms with E-state index in [-0.39, 0.29) is 35.9 Å². The highest BCUT2D eigenvalue weighted by atomic mass is 19.4. The average Bonchev–Trinajstić information content (AvgIpc) is 3.65. The number of amides is 2. The van der Waals surface area contributed by atoms with Crippen molar-refractivity contribution in [1.29, 1.82) is 0 Å². The number of ether oxygens (including phenoxy) is 1. The molecule has 0 saturated carbocycles. The van der Waals surface area contributed by atoms with E-state index >= 15 is 0 Å². The summed E-state index contributed by atoms with van der Waals surface area (Å²) >= 11 is 0. The summed E-state index contributed by atoms with van der Waals surface area (Å²) in [5, 5.41) is 11.7. The van der Waals surface area contributed by atoms with Crippen LogP contribution in [-0.2, 0) is 47.7 Å². The molecule has 0 aliphatic carbocycles. The first-order valence-corrected chi connectivity index (χ1v) is 17.2. The maximum absolute atomic E-state index is 14.6. The first-order valence-electron chi connectivity index (χ1n) is 17.2. The predicted molar refractivity (Wildman–Crippen MR) is 180 cm³/mol. The number of fused-ring (bicyclic) bond motifs is 1. The number of piperidine rings is 1. The Kier molecular flexibility index (Phi) is 9.37. The van der Waals surface area contributed by atoms with Crippen LogP contribution in [0.3, 0.4) is 0 Å². The Hall–Kier alpha value is -4.73. The number of hydrogen-bond donors (Lipinski definition) is 0. The number of pyridine rings is 1. The van der Waals surface area contributed by atoms with Gasteiger partial charge in [0.15, 0.2) is 0 Å². The van der Waals surface area contributed by atoms with Crippen molar-refractivity contribution < 1.29 is 27.5 Å². The first kappa shape index (κ1) is 34.7. The molecule has 3 aromatic rings. The van der Waals surface area contributed by atoms with Crippen LogP contribution in [0, 0.1) is 5.92 Å². The SMILES string of the molecule is C[C@H]1CCCN(Cc2cc3c(c(C(F)(F)F)c2)CN(c2cc(C4(Cc5nncn5C)COC4)cc(N4CCN(C(=O)CN=[N+]=[N-])CC4)n2)C3=O)C1. The van der Waals surface area contributed by atoms with Gasteiger partial charge in [-0.25, -0.2) is 4.98 Å². The zero-order chi connectivity index (χ0) is 35.9. The van der Waals surface area contributed by atoms with Crippen LogP contribution in [0.4, 0.5) is 24.8 Å². The Labute approximate surface area is 292 Å². The first-order chi connectivity index (χ1) is 24.4. The van der Waals surface area contributed by atoms with Crippen molar-refractivity contribution in [2.45, 2.75) is 50.9 Å². The highest BCUT2D eigenvalue weighted by molar-refractivity contribution is 6.10. The Bertz CT molecular complexity index is 1860. The van der Waals surface area contributed by atoms with Gasteiger partial charge in [0.1, 0.15) is 30.3 Å². The number of aryl methyl sites for hydroxylation is 1. The van der Waals surface area contributed by atoms with E-state index < -0.39 is 23.1 Å². The molecule has 270 valence electrons. The number of alkyl halides is 3. The lowest BCUT2D eigenvalue weighted by Crippen LogP contribution is -2.51. The summed E-state index contributed by atoms with van der Waals surface area (Å²) in [5.41, 5.74) is 8.58. The molecule has 0 N–H and O–H groups in total. The zero-order valence-corrected chi connectivity index (χ0v) is 28.6. The van der Waals surface area contributed by atoms with Crippen LogP contribution in [-0.4, -0.2) is 100 Å². The van der Waals surface area contributed by atoms with E-state index in [1.54, 1.807) is 23.4 Å². The van der Waals surface area contributed by atoms with E-state index in [4.69, 9.17) is 15.3 Å². The number of nitrogens with zero attached hydrogens (tertiary/aromatic N) is 11. The molecule has 2 amide bonds. The molecule has 51 heavy (non-hydrogen) atoms. The van der Waals surface area contributed by atoms with Crippen molar-refractivity contribution in [3.63, 3.8) is 0 Å². The van der Waals surface area contributed by atoms with Crippen molar-refractivity contribution >= 4 is 23.5 Å². The molecular formula is C34H40F3N11O3. The third kappa shape index (κ3) is 6.97. The van der Waals surface area contributed by atoms with Crippen molar-refractivity contribution in [3.05, 3.63) is 74.7 Å². The van der Waals surface area contributed by atoms with E-state index in [0.717, 1.165) is 37.3 Å². The maximum Gasteiger partial charge on any atom is 0.416 e. The van der Waals surface area contributed by atoms with Crippen molar-refractivity contribution in [1.82, 2.24) is 29.5 Å². The molecule has 17 heteroatoms. The molecule has 0 bridgehead atoms. The van der Waals surface area contributed by atoms with E-state index in [1.807, 2.05) is 22.6 Å². The number of carbonyl (C=O) groups is 2. The minimum atomic E-state index is -4.65. The minimum absolute atomic E-state index is 0.0477. The molecule has 4 aliphatic rings. The van der Waals surface area contributed by atoms with Crippen LogP contribution in [0.5, 0.6) is 0 Å². The predicted octanol–water partition coefficient (Wildman–Crippen LogP) is 4.09. The lowest BCUT2D eigenvalue weighted by atomic mass is 9.75. The number of piperazine rings is 1. The van der Waals surface area contributed by atoms with Crippen molar-refractivity contribution in [3.8, 4) is 0 Å². The Balaban J connectivity index is 1.24. The van der Waals surface area contributed by atoms with Gasteiger partial charge in [0.2, 0.25) is 5.91 Å². The number of carbonyl (C=O) groups excluding carboxylic acids is 2. The van der Waals surface area contributed by atoms with Gasteiger partial charge in [0.25, 0.3) is 5.91 Å². The number of halogens is 3. The van der Waals surface area contributed by atoms with Gasteiger partial charge in [-0.1, -0.05) is 12.0 Å². The Morgan fingerprint density at radius 1 is 1.12 bits per heavy atom. The molecule has 1 aromatic carbocycles. The minimum Gasteiger partial charge on any atom is -0.379 e. The summed E-state index contributed by atoms with van der Waals surface area (Å²) in [6.45, 7) is 5.83. The van der Waals surface area contributed by atoms with Crippen LogP contribution < -0.4 is 9.80 Å². The average molecular weight is 708 g/mol. The second kappa shape index (κ2) is 13.8. The summed E-state index contributed by atoms with van der Waals surface area (Å²) in [5.74, 6) is 1.17. The fourth-order valence-electron chi connectivity index (χ4n) is 7.66. The number of benzene rings is 1. The van der Waals surface area contributed by atoms with E-state index in [0.29, 0.717) is 69.7 Å². The van der Waals surface area contributed by atoms with Crippen molar-refractivity contribution in [2.24, 2.45) is 18.1 Å². The largest absolute Gasteiger partial charge is 0.416 e. The fourth-order valence-corrected chi connectivity index (χ4v) is 7.66. The fraction of sp³-hybridized carbons (Fsp3) is 0.559. The maximum atomic E-state index is 14.6. The summed E-state index contributed by atoms with van der Waals surface area (Å²) in [6.07, 6.45) is -0.468. The second-order valence-electron chi connectivity index (χ2n) is 14.2.